The van der Waals surface area contributed by atoms with Crippen molar-refractivity contribution in [2.45, 2.75) is 18.9 Å². The summed E-state index contributed by atoms with van der Waals surface area (Å²) in [5, 5.41) is 20.6. The average molecular weight is 231 g/mol. The highest BCUT2D eigenvalue weighted by molar-refractivity contribution is 5.86. The number of benzene rings is 1. The molecule has 4 nitrogen and oxygen atoms in total. The van der Waals surface area contributed by atoms with Crippen molar-refractivity contribution in [1.82, 2.24) is 4.98 Å². The number of hydrogen-bond donors (Lipinski definition) is 2. The van der Waals surface area contributed by atoms with E-state index in [1.807, 2.05) is 24.3 Å². The number of pyridine rings is 1. The predicted molar refractivity (Wildman–Crippen MR) is 63.7 cm³/mol. The van der Waals surface area contributed by atoms with Gasteiger partial charge in [0.1, 0.15) is 0 Å². The quantitative estimate of drug-likeness (QED) is 0.842. The zero-order valence-electron chi connectivity index (χ0n) is 9.42. The third-order valence-electron chi connectivity index (χ3n) is 2.77. The molecule has 17 heavy (non-hydrogen) atoms. The van der Waals surface area contributed by atoms with Crippen LogP contribution in [0.4, 0.5) is 0 Å². The number of hydrogen-bond acceptors (Lipinski definition) is 3. The van der Waals surface area contributed by atoms with Gasteiger partial charge in [0, 0.05) is 24.2 Å². The minimum Gasteiger partial charge on any atom is -0.479 e. The molecule has 1 aromatic carbocycles. The molecule has 0 aliphatic rings. The first-order valence-electron chi connectivity index (χ1n) is 5.28. The normalized spacial score (nSPS) is 14.5. The van der Waals surface area contributed by atoms with E-state index >= 15 is 0 Å². The van der Waals surface area contributed by atoms with Crippen LogP contribution in [0.3, 0.4) is 0 Å². The predicted octanol–water partition coefficient (Wildman–Crippen LogP) is 1.61. The monoisotopic (exact) mass is 231 g/mol. The Morgan fingerprint density at radius 1 is 1.41 bits per heavy atom. The highest BCUT2D eigenvalue weighted by Crippen LogP contribution is 2.22. The number of carboxylic acid groups (broad SMARTS) is 1. The number of carbonyl (C=O) groups is 1. The summed E-state index contributed by atoms with van der Waals surface area (Å²) >= 11 is 0. The molecule has 0 aliphatic carbocycles. The molecule has 4 heteroatoms. The molecule has 1 aromatic heterocycles. The number of carboxylic acids is 1. The van der Waals surface area contributed by atoms with Gasteiger partial charge in [0.05, 0.1) is 0 Å². The lowest BCUT2D eigenvalue weighted by Crippen LogP contribution is -2.37. The molecule has 0 amide bonds. The zero-order valence-corrected chi connectivity index (χ0v) is 9.42. The lowest BCUT2D eigenvalue weighted by atomic mass is 9.93. The van der Waals surface area contributed by atoms with Crippen LogP contribution in [0.25, 0.3) is 10.8 Å². The number of aliphatic carboxylic acids is 1. The van der Waals surface area contributed by atoms with Gasteiger partial charge in [-0.15, -0.1) is 0 Å². The smallest absolute Gasteiger partial charge is 0.335 e. The fraction of sp³-hybridized carbons (Fsp3) is 0.231. The van der Waals surface area contributed by atoms with Crippen LogP contribution in [-0.2, 0) is 11.2 Å². The van der Waals surface area contributed by atoms with E-state index in [1.165, 1.54) is 6.92 Å². The fourth-order valence-electron chi connectivity index (χ4n) is 1.79. The summed E-state index contributed by atoms with van der Waals surface area (Å²) in [6, 6.07) is 7.38. The summed E-state index contributed by atoms with van der Waals surface area (Å²) in [6.45, 7) is 1.30. The van der Waals surface area contributed by atoms with Crippen molar-refractivity contribution in [3.8, 4) is 0 Å². The van der Waals surface area contributed by atoms with Gasteiger partial charge in [0.15, 0.2) is 5.60 Å². The van der Waals surface area contributed by atoms with Gasteiger partial charge in [-0.3, -0.25) is 4.98 Å². The summed E-state index contributed by atoms with van der Waals surface area (Å²) in [7, 11) is 0. The first kappa shape index (κ1) is 11.5. The third-order valence-corrected chi connectivity index (χ3v) is 2.77. The molecule has 2 aromatic rings. The van der Waals surface area contributed by atoms with Crippen molar-refractivity contribution in [2.75, 3.05) is 0 Å². The molecule has 2 N–H and O–H groups in total. The first-order valence-corrected chi connectivity index (χ1v) is 5.28. The largest absolute Gasteiger partial charge is 0.479 e. The number of rotatable bonds is 3. The summed E-state index contributed by atoms with van der Waals surface area (Å²) < 4.78 is 0. The van der Waals surface area contributed by atoms with E-state index in [1.54, 1.807) is 12.4 Å². The lowest BCUT2D eigenvalue weighted by Gasteiger charge is -2.18. The summed E-state index contributed by atoms with van der Waals surface area (Å²) in [6.07, 6.45) is 3.44. The topological polar surface area (TPSA) is 70.4 Å². The molecule has 2 rings (SSSR count). The van der Waals surface area contributed by atoms with Gasteiger partial charge in [0.2, 0.25) is 0 Å². The summed E-state index contributed by atoms with van der Waals surface area (Å²) in [5.41, 5.74) is -0.949. The van der Waals surface area contributed by atoms with Crippen LogP contribution in [0.5, 0.6) is 0 Å². The van der Waals surface area contributed by atoms with E-state index in [9.17, 15) is 9.90 Å². The van der Waals surface area contributed by atoms with Crippen LogP contribution >= 0.6 is 0 Å². The number of nitrogens with zero attached hydrogens (tertiary/aromatic N) is 1. The molecule has 0 spiro atoms. The highest BCUT2D eigenvalue weighted by Gasteiger charge is 2.30. The van der Waals surface area contributed by atoms with Crippen molar-refractivity contribution in [2.24, 2.45) is 0 Å². The number of aliphatic hydroxyl groups is 1. The number of aromatic nitrogens is 1. The Morgan fingerprint density at radius 2 is 2.18 bits per heavy atom. The van der Waals surface area contributed by atoms with Gasteiger partial charge in [-0.05, 0) is 23.9 Å². The second kappa shape index (κ2) is 4.14. The Labute approximate surface area is 98.5 Å². The minimum absolute atomic E-state index is 0.0731. The van der Waals surface area contributed by atoms with Crippen molar-refractivity contribution in [3.63, 3.8) is 0 Å². The third kappa shape index (κ3) is 2.26. The molecule has 0 fully saturated rings. The molecule has 0 bridgehead atoms. The SMILES string of the molecule is CC(O)(Cc1cccc2cnccc12)C(=O)O. The zero-order chi connectivity index (χ0) is 12.5. The minimum atomic E-state index is -1.75. The molecule has 1 heterocycles. The van der Waals surface area contributed by atoms with E-state index in [0.29, 0.717) is 0 Å². The van der Waals surface area contributed by atoms with Gasteiger partial charge in [-0.25, -0.2) is 4.79 Å². The Bertz CT molecular complexity index is 558. The molecule has 1 atom stereocenters. The van der Waals surface area contributed by atoms with E-state index in [-0.39, 0.29) is 6.42 Å². The second-order valence-electron chi connectivity index (χ2n) is 4.27. The Morgan fingerprint density at radius 3 is 2.88 bits per heavy atom. The van der Waals surface area contributed by atoms with Gasteiger partial charge in [-0.1, -0.05) is 18.2 Å². The van der Waals surface area contributed by atoms with Crippen LogP contribution in [0, 0.1) is 0 Å². The maximum atomic E-state index is 10.9. The van der Waals surface area contributed by atoms with E-state index in [2.05, 4.69) is 4.98 Å². The molecule has 0 saturated heterocycles. The van der Waals surface area contributed by atoms with Gasteiger partial charge in [0.25, 0.3) is 0 Å². The maximum Gasteiger partial charge on any atom is 0.335 e. The van der Waals surface area contributed by atoms with Crippen LogP contribution < -0.4 is 0 Å². The molecule has 0 aliphatic heterocycles. The lowest BCUT2D eigenvalue weighted by molar-refractivity contribution is -0.156. The van der Waals surface area contributed by atoms with Gasteiger partial charge in [-0.2, -0.15) is 0 Å². The Kier molecular flexibility index (Phi) is 2.81. The second-order valence-corrected chi connectivity index (χ2v) is 4.27. The summed E-state index contributed by atoms with van der Waals surface area (Å²) in [5.74, 6) is -1.22. The molecule has 0 radical (unpaired) electrons. The molecule has 88 valence electrons. The average Bonchev–Trinajstić information content (AvgIpc) is 2.29. The Balaban J connectivity index is 2.46. The number of fused-ring (bicyclic) bond motifs is 1. The van der Waals surface area contributed by atoms with Crippen LogP contribution in [0.1, 0.15) is 12.5 Å². The van der Waals surface area contributed by atoms with Crippen LogP contribution in [0.15, 0.2) is 36.7 Å². The van der Waals surface area contributed by atoms with Crippen molar-refractivity contribution < 1.29 is 15.0 Å². The molecule has 0 saturated carbocycles. The van der Waals surface area contributed by atoms with Gasteiger partial charge >= 0.3 is 5.97 Å². The summed E-state index contributed by atoms with van der Waals surface area (Å²) in [4.78, 5) is 14.9. The Hall–Kier alpha value is -1.94. The molecule has 1 unspecified atom stereocenters. The van der Waals surface area contributed by atoms with Crippen molar-refractivity contribution in [1.29, 1.82) is 0 Å². The van der Waals surface area contributed by atoms with Crippen LogP contribution in [-0.4, -0.2) is 26.8 Å². The standard InChI is InChI=1S/C13H13NO3/c1-13(17,12(15)16)7-9-3-2-4-10-8-14-6-5-11(9)10/h2-6,8,17H,7H2,1H3,(H,15,16). The van der Waals surface area contributed by atoms with E-state index in [0.717, 1.165) is 16.3 Å². The first-order chi connectivity index (χ1) is 8.00. The van der Waals surface area contributed by atoms with Gasteiger partial charge < -0.3 is 10.2 Å². The maximum absolute atomic E-state index is 10.9. The van der Waals surface area contributed by atoms with E-state index in [4.69, 9.17) is 5.11 Å². The molecular formula is C13H13NO3. The van der Waals surface area contributed by atoms with Crippen molar-refractivity contribution in [3.05, 3.63) is 42.2 Å². The highest BCUT2D eigenvalue weighted by atomic mass is 16.4. The fourth-order valence-corrected chi connectivity index (χ4v) is 1.79. The van der Waals surface area contributed by atoms with Crippen LogP contribution in [0.2, 0.25) is 0 Å². The van der Waals surface area contributed by atoms with E-state index < -0.39 is 11.6 Å². The molecular weight excluding hydrogens is 218 g/mol. The van der Waals surface area contributed by atoms with Crippen molar-refractivity contribution >= 4 is 16.7 Å².